The average Bonchev–Trinajstić information content (AvgIpc) is 2.62. The summed E-state index contributed by atoms with van der Waals surface area (Å²) in [5.74, 6) is 0.272. The molecule has 0 spiro atoms. The van der Waals surface area contributed by atoms with Crippen LogP contribution in [0.4, 0.5) is 0 Å². The Morgan fingerprint density at radius 1 is 1.43 bits per heavy atom. The monoisotopic (exact) mass is 191 g/mol. The number of furan rings is 1. The first kappa shape index (κ1) is 9.09. The smallest absolute Gasteiger partial charge is 0.137 e. The van der Waals surface area contributed by atoms with Gasteiger partial charge in [0.1, 0.15) is 11.3 Å². The topological polar surface area (TPSA) is 45.4 Å². The van der Waals surface area contributed by atoms with Crippen LogP contribution in [0, 0.1) is 0 Å². The van der Waals surface area contributed by atoms with Crippen molar-refractivity contribution >= 4 is 11.0 Å². The van der Waals surface area contributed by atoms with Crippen molar-refractivity contribution in [1.82, 2.24) is 5.32 Å². The Labute approximate surface area is 82.3 Å². The van der Waals surface area contributed by atoms with E-state index in [0.29, 0.717) is 0 Å². The molecule has 0 fully saturated rings. The zero-order chi connectivity index (χ0) is 10.1. The summed E-state index contributed by atoms with van der Waals surface area (Å²) in [7, 11) is 1.88. The van der Waals surface area contributed by atoms with E-state index in [9.17, 15) is 5.11 Å². The maximum atomic E-state index is 9.70. The lowest BCUT2D eigenvalue weighted by atomic mass is 10.1. The van der Waals surface area contributed by atoms with E-state index in [1.807, 2.05) is 20.0 Å². The SMILES string of the molecule is CNC(C)c1coc2cccc(O)c12. The number of hydrogen-bond donors (Lipinski definition) is 2. The van der Waals surface area contributed by atoms with Gasteiger partial charge in [0, 0.05) is 11.6 Å². The zero-order valence-corrected chi connectivity index (χ0v) is 8.24. The van der Waals surface area contributed by atoms with Crippen molar-refractivity contribution < 1.29 is 9.52 Å². The van der Waals surface area contributed by atoms with Gasteiger partial charge in [0.05, 0.1) is 11.6 Å². The van der Waals surface area contributed by atoms with Gasteiger partial charge >= 0.3 is 0 Å². The fraction of sp³-hybridized carbons (Fsp3) is 0.273. The highest BCUT2D eigenvalue weighted by Crippen LogP contribution is 2.32. The summed E-state index contributed by atoms with van der Waals surface area (Å²) in [6.45, 7) is 2.02. The van der Waals surface area contributed by atoms with Crippen LogP contribution in [0.2, 0.25) is 0 Å². The second kappa shape index (κ2) is 3.35. The van der Waals surface area contributed by atoms with E-state index in [4.69, 9.17) is 4.42 Å². The average molecular weight is 191 g/mol. The van der Waals surface area contributed by atoms with Gasteiger partial charge in [-0.2, -0.15) is 0 Å². The molecule has 3 nitrogen and oxygen atoms in total. The van der Waals surface area contributed by atoms with Crippen LogP contribution in [0.1, 0.15) is 18.5 Å². The zero-order valence-electron chi connectivity index (χ0n) is 8.24. The minimum atomic E-state index is 0.171. The quantitative estimate of drug-likeness (QED) is 0.766. The van der Waals surface area contributed by atoms with Crippen molar-refractivity contribution in [2.75, 3.05) is 7.05 Å². The second-order valence-corrected chi connectivity index (χ2v) is 3.35. The van der Waals surface area contributed by atoms with E-state index in [1.165, 1.54) is 0 Å². The van der Waals surface area contributed by atoms with Crippen LogP contribution in [0.15, 0.2) is 28.9 Å². The number of benzene rings is 1. The highest BCUT2D eigenvalue weighted by atomic mass is 16.3. The molecular formula is C11H13NO2. The largest absolute Gasteiger partial charge is 0.507 e. The highest BCUT2D eigenvalue weighted by molar-refractivity contribution is 5.87. The van der Waals surface area contributed by atoms with E-state index >= 15 is 0 Å². The Morgan fingerprint density at radius 2 is 2.21 bits per heavy atom. The summed E-state index contributed by atoms with van der Waals surface area (Å²) in [5.41, 5.74) is 1.71. The number of rotatable bonds is 2. The van der Waals surface area contributed by atoms with Crippen LogP contribution in [-0.2, 0) is 0 Å². The number of phenolic OH excluding ortho intramolecular Hbond substituents is 1. The molecule has 74 valence electrons. The third-order valence-corrected chi connectivity index (χ3v) is 2.51. The molecule has 2 aromatic rings. The summed E-state index contributed by atoms with van der Waals surface area (Å²) in [5, 5.41) is 13.6. The van der Waals surface area contributed by atoms with Crippen LogP contribution in [0.5, 0.6) is 5.75 Å². The molecule has 14 heavy (non-hydrogen) atoms. The summed E-state index contributed by atoms with van der Waals surface area (Å²) in [4.78, 5) is 0. The Kier molecular flexibility index (Phi) is 2.17. The van der Waals surface area contributed by atoms with E-state index in [-0.39, 0.29) is 11.8 Å². The number of fused-ring (bicyclic) bond motifs is 1. The minimum absolute atomic E-state index is 0.171. The van der Waals surface area contributed by atoms with Crippen LogP contribution in [-0.4, -0.2) is 12.2 Å². The molecule has 3 heteroatoms. The lowest BCUT2D eigenvalue weighted by Gasteiger charge is -2.07. The maximum Gasteiger partial charge on any atom is 0.137 e. The molecule has 1 aromatic heterocycles. The molecular weight excluding hydrogens is 178 g/mol. The molecule has 1 aromatic carbocycles. The van der Waals surface area contributed by atoms with Crippen molar-refractivity contribution in [1.29, 1.82) is 0 Å². The number of nitrogens with one attached hydrogen (secondary N) is 1. The van der Waals surface area contributed by atoms with Gasteiger partial charge in [0.25, 0.3) is 0 Å². The van der Waals surface area contributed by atoms with E-state index in [2.05, 4.69) is 5.32 Å². The van der Waals surface area contributed by atoms with Gasteiger partial charge in [-0.05, 0) is 26.1 Å². The summed E-state index contributed by atoms with van der Waals surface area (Å²) in [6.07, 6.45) is 1.69. The van der Waals surface area contributed by atoms with Gasteiger partial charge in [0.2, 0.25) is 0 Å². The second-order valence-electron chi connectivity index (χ2n) is 3.35. The number of hydrogen-bond acceptors (Lipinski definition) is 3. The molecule has 2 rings (SSSR count). The van der Waals surface area contributed by atoms with Crippen LogP contribution >= 0.6 is 0 Å². The summed E-state index contributed by atoms with van der Waals surface area (Å²) < 4.78 is 5.35. The molecule has 0 aliphatic heterocycles. The Bertz CT molecular complexity index is 447. The summed E-state index contributed by atoms with van der Waals surface area (Å²) in [6, 6.07) is 5.46. The molecule has 1 heterocycles. The van der Waals surface area contributed by atoms with E-state index in [1.54, 1.807) is 18.4 Å². The third-order valence-electron chi connectivity index (χ3n) is 2.51. The maximum absolute atomic E-state index is 9.70. The first-order chi connectivity index (χ1) is 6.74. The van der Waals surface area contributed by atoms with E-state index in [0.717, 1.165) is 16.5 Å². The molecule has 0 radical (unpaired) electrons. The lowest BCUT2D eigenvalue weighted by Crippen LogP contribution is -2.11. The first-order valence-corrected chi connectivity index (χ1v) is 4.60. The molecule has 0 aliphatic carbocycles. The van der Waals surface area contributed by atoms with Crippen molar-refractivity contribution in [2.24, 2.45) is 0 Å². The predicted molar refractivity (Wildman–Crippen MR) is 55.4 cm³/mol. The van der Waals surface area contributed by atoms with Crippen molar-refractivity contribution in [2.45, 2.75) is 13.0 Å². The van der Waals surface area contributed by atoms with Gasteiger partial charge in [-0.15, -0.1) is 0 Å². The normalized spacial score (nSPS) is 13.3. The van der Waals surface area contributed by atoms with Crippen molar-refractivity contribution in [3.05, 3.63) is 30.0 Å². The molecule has 1 atom stereocenters. The van der Waals surface area contributed by atoms with Crippen LogP contribution in [0.3, 0.4) is 0 Å². The molecule has 0 aliphatic rings. The Hall–Kier alpha value is -1.48. The van der Waals surface area contributed by atoms with Gasteiger partial charge < -0.3 is 14.8 Å². The fourth-order valence-electron chi connectivity index (χ4n) is 1.57. The number of aromatic hydroxyl groups is 1. The minimum Gasteiger partial charge on any atom is -0.507 e. The highest BCUT2D eigenvalue weighted by Gasteiger charge is 2.13. The Morgan fingerprint density at radius 3 is 2.93 bits per heavy atom. The van der Waals surface area contributed by atoms with Gasteiger partial charge in [-0.3, -0.25) is 0 Å². The number of phenols is 1. The van der Waals surface area contributed by atoms with Crippen molar-refractivity contribution in [3.8, 4) is 5.75 Å². The van der Waals surface area contributed by atoms with Crippen molar-refractivity contribution in [3.63, 3.8) is 0 Å². The first-order valence-electron chi connectivity index (χ1n) is 4.60. The van der Waals surface area contributed by atoms with Gasteiger partial charge in [-0.25, -0.2) is 0 Å². The lowest BCUT2D eigenvalue weighted by molar-refractivity contribution is 0.480. The van der Waals surface area contributed by atoms with E-state index < -0.39 is 0 Å². The standard InChI is InChI=1S/C11H13NO2/c1-7(12-2)8-6-14-10-5-3-4-9(13)11(8)10/h3-7,12-13H,1-2H3. The van der Waals surface area contributed by atoms with Crippen LogP contribution in [0.25, 0.3) is 11.0 Å². The van der Waals surface area contributed by atoms with Gasteiger partial charge in [0.15, 0.2) is 0 Å². The molecule has 0 amide bonds. The molecule has 2 N–H and O–H groups in total. The van der Waals surface area contributed by atoms with Crippen LogP contribution < -0.4 is 5.32 Å². The molecule has 1 unspecified atom stereocenters. The molecule has 0 bridgehead atoms. The molecule has 0 saturated carbocycles. The third kappa shape index (κ3) is 1.26. The fourth-order valence-corrected chi connectivity index (χ4v) is 1.57. The predicted octanol–water partition coefficient (Wildman–Crippen LogP) is 2.42. The summed E-state index contributed by atoms with van der Waals surface area (Å²) >= 11 is 0. The van der Waals surface area contributed by atoms with Gasteiger partial charge in [-0.1, -0.05) is 6.07 Å². The molecule has 0 saturated heterocycles. The Balaban J connectivity index is 2.67.